The van der Waals surface area contributed by atoms with E-state index in [4.69, 9.17) is 19.6 Å². The van der Waals surface area contributed by atoms with Crippen LogP contribution in [0.5, 0.6) is 5.75 Å². The Kier molecular flexibility index (Phi) is 8.50. The largest absolute Gasteiger partial charge is 0.491 e. The second kappa shape index (κ2) is 12.7. The van der Waals surface area contributed by atoms with Crippen molar-refractivity contribution in [3.63, 3.8) is 0 Å². The highest BCUT2D eigenvalue weighted by Gasteiger charge is 2.25. The smallest absolute Gasteiger partial charge is 0.255 e. The van der Waals surface area contributed by atoms with Crippen molar-refractivity contribution in [3.05, 3.63) is 65.4 Å². The molecule has 1 unspecified atom stereocenters. The predicted molar refractivity (Wildman–Crippen MR) is 182 cm³/mol. The molecule has 7 rings (SSSR count). The Morgan fingerprint density at radius 3 is 2.60 bits per heavy atom. The molecule has 2 aromatic carbocycles. The van der Waals surface area contributed by atoms with Gasteiger partial charge in [0.05, 0.1) is 12.1 Å². The van der Waals surface area contributed by atoms with E-state index in [0.717, 1.165) is 46.7 Å². The third-order valence-corrected chi connectivity index (χ3v) is 11.3. The van der Waals surface area contributed by atoms with Crippen LogP contribution in [0.25, 0.3) is 33.4 Å². The molecular formula is C36H45N5O3Si. The van der Waals surface area contributed by atoms with Gasteiger partial charge in [0.25, 0.3) is 5.91 Å². The molecule has 1 N–H and O–H groups in total. The molecule has 1 fully saturated rings. The summed E-state index contributed by atoms with van der Waals surface area (Å²) in [7, 11) is -1.21. The zero-order valence-electron chi connectivity index (χ0n) is 26.9. The van der Waals surface area contributed by atoms with Crippen LogP contribution >= 0.6 is 0 Å². The van der Waals surface area contributed by atoms with Crippen LogP contribution in [-0.4, -0.2) is 72.5 Å². The number of rotatable bonds is 8. The number of ether oxygens (including phenoxy) is 2. The Bertz CT molecular complexity index is 1710. The number of hydrogen-bond donors (Lipinski definition) is 1. The van der Waals surface area contributed by atoms with E-state index in [1.54, 1.807) is 0 Å². The molecule has 4 heterocycles. The number of carbonyl (C=O) groups is 1. The number of hydrogen-bond acceptors (Lipinski definition) is 6. The average molecular weight is 624 g/mol. The van der Waals surface area contributed by atoms with Crippen molar-refractivity contribution < 1.29 is 14.3 Å². The second-order valence-corrected chi connectivity index (χ2v) is 19.7. The van der Waals surface area contributed by atoms with E-state index < -0.39 is 8.07 Å². The molecule has 0 saturated carbocycles. The Hall–Kier alpha value is -3.53. The van der Waals surface area contributed by atoms with E-state index in [1.807, 2.05) is 29.1 Å². The Balaban J connectivity index is 1.22. The van der Waals surface area contributed by atoms with Crippen LogP contribution in [0, 0.1) is 0 Å². The van der Waals surface area contributed by atoms with Crippen LogP contribution in [-0.2, 0) is 24.3 Å². The van der Waals surface area contributed by atoms with Crippen molar-refractivity contribution in [1.82, 2.24) is 25.0 Å². The number of nitrogens with zero attached hydrogens (tertiary/aromatic N) is 4. The van der Waals surface area contributed by atoms with Gasteiger partial charge in [-0.1, -0.05) is 43.9 Å². The van der Waals surface area contributed by atoms with Crippen LogP contribution < -0.4 is 10.1 Å². The van der Waals surface area contributed by atoms with Crippen molar-refractivity contribution in [2.75, 3.05) is 32.8 Å². The fraction of sp³-hybridized carbons (Fsp3) is 0.472. The van der Waals surface area contributed by atoms with Crippen molar-refractivity contribution in [3.8, 4) is 28.1 Å². The normalized spacial score (nSPS) is 19.0. The van der Waals surface area contributed by atoms with Crippen molar-refractivity contribution in [2.24, 2.45) is 0 Å². The van der Waals surface area contributed by atoms with Gasteiger partial charge in [0.1, 0.15) is 24.8 Å². The maximum Gasteiger partial charge on any atom is 0.255 e. The zero-order valence-corrected chi connectivity index (χ0v) is 27.9. The maximum atomic E-state index is 12.6. The number of carbonyl (C=O) groups excluding carboxylic acids is 1. The molecule has 1 atom stereocenters. The molecule has 236 valence electrons. The van der Waals surface area contributed by atoms with Crippen LogP contribution in [0.4, 0.5) is 0 Å². The van der Waals surface area contributed by atoms with Gasteiger partial charge in [-0.15, -0.1) is 0 Å². The summed E-state index contributed by atoms with van der Waals surface area (Å²) in [6, 6.07) is 16.7. The van der Waals surface area contributed by atoms with E-state index in [-0.39, 0.29) is 5.91 Å². The minimum Gasteiger partial charge on any atom is -0.491 e. The number of aromatic nitrogens is 3. The molecule has 3 aliphatic rings. The third-order valence-electron chi connectivity index (χ3n) is 9.63. The molecule has 2 aliphatic heterocycles. The Morgan fingerprint density at radius 1 is 0.978 bits per heavy atom. The Morgan fingerprint density at radius 2 is 1.78 bits per heavy atom. The number of likely N-dealkylation sites (tertiary alicyclic amines) is 1. The third kappa shape index (κ3) is 6.57. The van der Waals surface area contributed by atoms with Gasteiger partial charge in [0.15, 0.2) is 5.65 Å². The lowest BCUT2D eigenvalue weighted by molar-refractivity contribution is 0.0814. The van der Waals surface area contributed by atoms with Crippen LogP contribution in [0.2, 0.25) is 25.7 Å². The summed E-state index contributed by atoms with van der Waals surface area (Å²) < 4.78 is 13.9. The van der Waals surface area contributed by atoms with E-state index in [9.17, 15) is 4.79 Å². The van der Waals surface area contributed by atoms with Gasteiger partial charge in [-0.05, 0) is 92.5 Å². The number of pyridine rings is 1. The van der Waals surface area contributed by atoms with Crippen molar-refractivity contribution >= 4 is 25.0 Å². The monoisotopic (exact) mass is 623 g/mol. The standard InChI is InChI=1S/C36H45N5O3Si/c1-45(2,3)19-18-43-24-41-35-32(34(39-41)28-10-13-31-33(22-28)44-17-14-37-36(31)42)21-29(23-38-35)27-7-6-25-8-11-30(12-9-26(25)20-27)40-15-4-5-16-40/h6-7,10,13,20-23,30H,4-5,8-9,11-12,14-19,24H2,1-3H3,(H,37,42). The first-order valence-electron chi connectivity index (χ1n) is 16.7. The van der Waals surface area contributed by atoms with Gasteiger partial charge in [-0.3, -0.25) is 4.79 Å². The lowest BCUT2D eigenvalue weighted by Crippen LogP contribution is -2.32. The highest BCUT2D eigenvalue weighted by atomic mass is 28.3. The molecule has 0 spiro atoms. The van der Waals surface area contributed by atoms with Gasteiger partial charge in [-0.2, -0.15) is 5.10 Å². The summed E-state index contributed by atoms with van der Waals surface area (Å²) in [5.41, 5.74) is 8.28. The highest BCUT2D eigenvalue weighted by molar-refractivity contribution is 6.76. The molecule has 45 heavy (non-hydrogen) atoms. The Labute approximate surface area is 267 Å². The summed E-state index contributed by atoms with van der Waals surface area (Å²) >= 11 is 0. The first-order chi connectivity index (χ1) is 21.8. The van der Waals surface area contributed by atoms with Gasteiger partial charge in [0.2, 0.25) is 0 Å². The van der Waals surface area contributed by atoms with Crippen molar-refractivity contribution in [2.45, 2.75) is 77.0 Å². The molecule has 0 bridgehead atoms. The fourth-order valence-corrected chi connectivity index (χ4v) is 7.75. The molecule has 1 amide bonds. The maximum absolute atomic E-state index is 12.6. The topological polar surface area (TPSA) is 81.5 Å². The number of benzene rings is 2. The summed E-state index contributed by atoms with van der Waals surface area (Å²) in [6.07, 6.45) is 9.44. The molecule has 0 radical (unpaired) electrons. The SMILES string of the molecule is C[Si](C)(C)CCOCn1nc(-c2ccc3c(c2)OCCNC3=O)c2cc(-c3ccc4c(c3)CCC(N3CCCC3)CC4)cnc21. The van der Waals surface area contributed by atoms with Gasteiger partial charge in [-0.25, -0.2) is 9.67 Å². The second-order valence-electron chi connectivity index (χ2n) is 14.1. The van der Waals surface area contributed by atoms with Crippen LogP contribution in [0.3, 0.4) is 0 Å². The lowest BCUT2D eigenvalue weighted by atomic mass is 9.96. The minimum absolute atomic E-state index is 0.112. The van der Waals surface area contributed by atoms with Crippen molar-refractivity contribution in [1.29, 1.82) is 0 Å². The van der Waals surface area contributed by atoms with Gasteiger partial charge in [0, 0.05) is 43.4 Å². The first kappa shape index (κ1) is 30.1. The summed E-state index contributed by atoms with van der Waals surface area (Å²) in [5, 5.41) is 8.88. The number of amides is 1. The average Bonchev–Trinajstić information content (AvgIpc) is 3.59. The lowest BCUT2D eigenvalue weighted by Gasteiger charge is -2.25. The fourth-order valence-electron chi connectivity index (χ4n) is 6.99. The number of nitrogens with one attached hydrogen (secondary N) is 1. The van der Waals surface area contributed by atoms with Gasteiger partial charge < -0.3 is 19.7 Å². The molecule has 8 nitrogen and oxygen atoms in total. The van der Waals surface area contributed by atoms with Crippen LogP contribution in [0.1, 0.15) is 47.2 Å². The van der Waals surface area contributed by atoms with Crippen LogP contribution in [0.15, 0.2) is 48.7 Å². The number of aryl methyl sites for hydroxylation is 2. The zero-order chi connectivity index (χ0) is 31.0. The quantitative estimate of drug-likeness (QED) is 0.136. The summed E-state index contributed by atoms with van der Waals surface area (Å²) in [6.45, 7) is 11.6. The highest BCUT2D eigenvalue weighted by Crippen LogP contribution is 2.35. The van der Waals surface area contributed by atoms with Gasteiger partial charge >= 0.3 is 0 Å². The first-order valence-corrected chi connectivity index (χ1v) is 20.4. The molecule has 9 heteroatoms. The molecular weight excluding hydrogens is 579 g/mol. The summed E-state index contributed by atoms with van der Waals surface area (Å²) in [4.78, 5) is 20.2. The number of fused-ring (bicyclic) bond motifs is 3. The summed E-state index contributed by atoms with van der Waals surface area (Å²) in [5.74, 6) is 0.470. The predicted octanol–water partition coefficient (Wildman–Crippen LogP) is 6.54. The molecule has 1 aliphatic carbocycles. The van der Waals surface area contributed by atoms with E-state index >= 15 is 0 Å². The molecule has 4 aromatic rings. The van der Waals surface area contributed by atoms with E-state index in [0.29, 0.717) is 43.8 Å². The van der Waals surface area contributed by atoms with E-state index in [1.165, 1.54) is 55.5 Å². The molecule has 1 saturated heterocycles. The van der Waals surface area contributed by atoms with E-state index in [2.05, 4.69) is 54.1 Å². The minimum atomic E-state index is -1.21. The molecule has 2 aromatic heterocycles.